The fourth-order valence-electron chi connectivity index (χ4n) is 8.36. The minimum absolute atomic E-state index is 0.125. The summed E-state index contributed by atoms with van der Waals surface area (Å²) in [4.78, 5) is 10.6. The fraction of sp³-hybridized carbons (Fsp3) is 0.111. The van der Waals surface area contributed by atoms with Gasteiger partial charge < -0.3 is 0 Å². The van der Waals surface area contributed by atoms with Crippen molar-refractivity contribution in [1.29, 1.82) is 0 Å². The van der Waals surface area contributed by atoms with E-state index in [2.05, 4.69) is 140 Å². The van der Waals surface area contributed by atoms with Gasteiger partial charge in [-0.15, -0.1) is 20.4 Å². The van der Waals surface area contributed by atoms with Gasteiger partial charge in [-0.2, -0.15) is 0 Å². The first kappa shape index (κ1) is 32.1. The third-order valence-electron chi connectivity index (χ3n) is 11.0. The van der Waals surface area contributed by atoms with E-state index in [9.17, 15) is 0 Å². The number of aromatic nitrogens is 8. The maximum absolute atomic E-state index is 5.32. The molecule has 2 aliphatic carbocycles. The van der Waals surface area contributed by atoms with E-state index in [1.54, 1.807) is 22.7 Å². The van der Waals surface area contributed by atoms with Crippen LogP contribution in [0.3, 0.4) is 0 Å². The summed E-state index contributed by atoms with van der Waals surface area (Å²) in [5.41, 5.74) is 8.59. The van der Waals surface area contributed by atoms with Gasteiger partial charge in [-0.3, -0.25) is 9.13 Å². The molecular weight excluding hydrogens is 717 g/mol. The van der Waals surface area contributed by atoms with Crippen molar-refractivity contribution in [2.45, 2.75) is 25.2 Å². The molecular formula is C45H32N8S2. The van der Waals surface area contributed by atoms with E-state index < -0.39 is 0 Å². The average molecular weight is 749 g/mol. The number of fused-ring (bicyclic) bond motifs is 5. The molecule has 0 bridgehead atoms. The normalized spacial score (nSPS) is 16.6. The van der Waals surface area contributed by atoms with E-state index in [-0.39, 0.29) is 17.3 Å². The van der Waals surface area contributed by atoms with Crippen LogP contribution in [0.2, 0.25) is 0 Å². The van der Waals surface area contributed by atoms with Gasteiger partial charge >= 0.3 is 0 Å². The summed E-state index contributed by atoms with van der Waals surface area (Å²) in [5, 5.41) is 23.9. The molecule has 0 amide bonds. The Hall–Kier alpha value is -6.36. The van der Waals surface area contributed by atoms with Gasteiger partial charge in [0.25, 0.3) is 0 Å². The van der Waals surface area contributed by atoms with Gasteiger partial charge in [0.15, 0.2) is 21.7 Å². The molecule has 0 aliphatic heterocycles. The molecule has 0 spiro atoms. The van der Waals surface area contributed by atoms with Crippen molar-refractivity contribution in [2.75, 3.05) is 0 Å². The van der Waals surface area contributed by atoms with Crippen molar-refractivity contribution < 1.29 is 0 Å². The molecule has 0 N–H and O–H groups in total. The summed E-state index contributed by atoms with van der Waals surface area (Å²) in [7, 11) is 0. The fourth-order valence-corrected chi connectivity index (χ4v) is 10.0. The lowest BCUT2D eigenvalue weighted by molar-refractivity contribution is 0.421. The minimum atomic E-state index is -0.188. The maximum atomic E-state index is 5.32. The van der Waals surface area contributed by atoms with Crippen LogP contribution in [0.4, 0.5) is 0 Å². The Morgan fingerprint density at radius 1 is 0.545 bits per heavy atom. The number of para-hydroxylation sites is 2. The molecule has 2 unspecified atom stereocenters. The van der Waals surface area contributed by atoms with Gasteiger partial charge in [-0.1, -0.05) is 140 Å². The van der Waals surface area contributed by atoms with Crippen LogP contribution in [0.25, 0.3) is 77.4 Å². The highest BCUT2D eigenvalue weighted by Crippen LogP contribution is 2.54. The van der Waals surface area contributed by atoms with E-state index in [4.69, 9.17) is 9.97 Å². The Bertz CT molecular complexity index is 3020. The Morgan fingerprint density at radius 2 is 1.05 bits per heavy atom. The molecule has 0 saturated heterocycles. The number of benzene rings is 5. The van der Waals surface area contributed by atoms with Gasteiger partial charge in [0.1, 0.15) is 10.0 Å². The maximum Gasteiger partial charge on any atom is 0.184 e. The van der Waals surface area contributed by atoms with E-state index >= 15 is 0 Å². The zero-order valence-electron chi connectivity index (χ0n) is 29.9. The molecule has 8 nitrogen and oxygen atoms in total. The first-order valence-corrected chi connectivity index (χ1v) is 19.9. The molecule has 0 saturated carbocycles. The summed E-state index contributed by atoms with van der Waals surface area (Å²) in [6.45, 7) is 4.75. The number of hydrogen-bond acceptors (Lipinski definition) is 8. The lowest BCUT2D eigenvalue weighted by atomic mass is 9.74. The third kappa shape index (κ3) is 5.09. The van der Waals surface area contributed by atoms with E-state index in [1.807, 2.05) is 48.5 Å². The van der Waals surface area contributed by atoms with Crippen LogP contribution >= 0.6 is 22.7 Å². The van der Waals surface area contributed by atoms with E-state index in [0.29, 0.717) is 0 Å². The topological polar surface area (TPSA) is 87.2 Å². The van der Waals surface area contributed by atoms with Crippen molar-refractivity contribution in [1.82, 2.24) is 39.5 Å². The van der Waals surface area contributed by atoms with Gasteiger partial charge in [0.05, 0.1) is 21.7 Å². The second-order valence-corrected chi connectivity index (χ2v) is 16.5. The first-order chi connectivity index (χ1) is 27.0. The van der Waals surface area contributed by atoms with Gasteiger partial charge in [0.2, 0.25) is 0 Å². The summed E-state index contributed by atoms with van der Waals surface area (Å²) < 4.78 is 4.50. The number of nitrogens with zero attached hydrogens (tertiary/aromatic N) is 8. The zero-order valence-corrected chi connectivity index (χ0v) is 31.5. The number of imidazole rings is 2. The van der Waals surface area contributed by atoms with Crippen LogP contribution in [0.1, 0.15) is 30.9 Å². The highest BCUT2D eigenvalue weighted by molar-refractivity contribution is 7.18. The van der Waals surface area contributed by atoms with Gasteiger partial charge in [0, 0.05) is 28.4 Å². The highest BCUT2D eigenvalue weighted by Gasteiger charge is 2.46. The molecule has 9 aromatic rings. The van der Waals surface area contributed by atoms with Crippen molar-refractivity contribution in [2.24, 2.45) is 5.92 Å². The SMILES string of the molecule is CC1(C)c2cc3c(cc2C2C=c4nc(-c5nnc(-c6ccccc6)s5)n(-c5ccccc5)c4=CC21)nc(-c1nnc(-c2ccccc2)s1)n3-c1ccccc1. The summed E-state index contributed by atoms with van der Waals surface area (Å²) >= 11 is 3.14. The Balaban J connectivity index is 1.08. The standard InChI is InChI=1S/C45H32N8S2/c1-45(2)33-25-37-35(46-39(52(37)29-19-11-5-12-20-29)43-50-48-41(54-43)27-15-7-3-8-16-27)23-31(33)32-24-36-38(26-34(32)45)53(30-21-13-6-14-22-30)40(47-36)44-51-49-42(55-44)28-17-9-4-10-18-28/h3-26,31,33H,1-2H3. The molecule has 264 valence electrons. The van der Waals surface area contributed by atoms with Gasteiger partial charge in [-0.25, -0.2) is 9.97 Å². The van der Waals surface area contributed by atoms with Crippen molar-refractivity contribution in [3.8, 4) is 54.2 Å². The number of rotatable bonds is 6. The molecule has 4 aromatic heterocycles. The molecule has 11 rings (SSSR count). The lowest BCUT2D eigenvalue weighted by Gasteiger charge is -2.29. The summed E-state index contributed by atoms with van der Waals surface area (Å²) in [6, 6.07) is 46.0. The largest absolute Gasteiger partial charge is 0.291 e. The first-order valence-electron chi connectivity index (χ1n) is 18.3. The van der Waals surface area contributed by atoms with Crippen molar-refractivity contribution >= 4 is 45.9 Å². The molecule has 0 fully saturated rings. The molecule has 0 radical (unpaired) electrons. The Kier molecular flexibility index (Phi) is 7.20. The molecule has 10 heteroatoms. The molecule has 2 aliphatic rings. The van der Waals surface area contributed by atoms with Crippen LogP contribution in [-0.2, 0) is 5.41 Å². The Morgan fingerprint density at radius 3 is 1.64 bits per heavy atom. The molecule has 4 heterocycles. The van der Waals surface area contributed by atoms with Gasteiger partial charge in [-0.05, 0) is 64.9 Å². The van der Waals surface area contributed by atoms with E-state index in [1.165, 1.54) is 11.1 Å². The quantitative estimate of drug-likeness (QED) is 0.169. The minimum Gasteiger partial charge on any atom is -0.291 e. The number of hydrogen-bond donors (Lipinski definition) is 0. The Labute approximate surface area is 324 Å². The summed E-state index contributed by atoms with van der Waals surface area (Å²) in [6.07, 6.45) is 4.82. The molecule has 5 aromatic carbocycles. The molecule has 2 atom stereocenters. The smallest absolute Gasteiger partial charge is 0.184 e. The molecule has 55 heavy (non-hydrogen) atoms. The van der Waals surface area contributed by atoms with Crippen LogP contribution in [0.15, 0.2) is 133 Å². The average Bonchev–Trinajstić information content (AvgIpc) is 4.07. The monoisotopic (exact) mass is 748 g/mol. The van der Waals surface area contributed by atoms with Crippen LogP contribution in [0, 0.1) is 5.92 Å². The predicted octanol–water partition coefficient (Wildman–Crippen LogP) is 8.85. The van der Waals surface area contributed by atoms with Crippen LogP contribution in [-0.4, -0.2) is 39.5 Å². The van der Waals surface area contributed by atoms with Crippen LogP contribution < -0.4 is 10.7 Å². The predicted molar refractivity (Wildman–Crippen MR) is 221 cm³/mol. The third-order valence-corrected chi connectivity index (χ3v) is 13.0. The second-order valence-electron chi connectivity index (χ2n) is 14.6. The second kappa shape index (κ2) is 12.3. The lowest BCUT2D eigenvalue weighted by Crippen LogP contribution is -2.38. The van der Waals surface area contributed by atoms with Crippen LogP contribution in [0.5, 0.6) is 0 Å². The zero-order chi connectivity index (χ0) is 36.7. The van der Waals surface area contributed by atoms with Crippen molar-refractivity contribution in [3.05, 3.63) is 155 Å². The van der Waals surface area contributed by atoms with E-state index in [0.717, 1.165) is 75.9 Å². The van der Waals surface area contributed by atoms with Crippen molar-refractivity contribution in [3.63, 3.8) is 0 Å². The highest BCUT2D eigenvalue weighted by atomic mass is 32.1. The summed E-state index contributed by atoms with van der Waals surface area (Å²) in [5.74, 6) is 1.91.